The fraction of sp³-hybridized carbons (Fsp3) is 0.455. The van der Waals surface area contributed by atoms with E-state index in [1.165, 1.54) is 44.4 Å². The summed E-state index contributed by atoms with van der Waals surface area (Å²) in [7, 11) is 3.13. The Labute approximate surface area is 370 Å². The van der Waals surface area contributed by atoms with E-state index in [2.05, 4.69) is 51.5 Å². The minimum Gasteiger partial charge on any atom is -0.475 e. The fourth-order valence-corrected chi connectivity index (χ4v) is 6.71. The van der Waals surface area contributed by atoms with Crippen LogP contribution in [-0.4, -0.2) is 82.4 Å². The number of tetrazole rings is 2. The van der Waals surface area contributed by atoms with Gasteiger partial charge in [0.05, 0.1) is 28.5 Å². The zero-order valence-corrected chi connectivity index (χ0v) is 37.8. The van der Waals surface area contributed by atoms with E-state index in [4.69, 9.17) is 9.47 Å². The first-order valence-corrected chi connectivity index (χ1v) is 21.6. The summed E-state index contributed by atoms with van der Waals surface area (Å²) >= 11 is 0. The predicted octanol–water partition coefficient (Wildman–Crippen LogP) is 5.26. The Morgan fingerprint density at radius 2 is 1.19 bits per heavy atom. The molecule has 20 nitrogen and oxygen atoms in total. The van der Waals surface area contributed by atoms with Crippen LogP contribution in [-0.2, 0) is 49.9 Å². The van der Waals surface area contributed by atoms with Gasteiger partial charge in [0.25, 0.3) is 0 Å². The van der Waals surface area contributed by atoms with E-state index in [0.717, 1.165) is 70.0 Å². The molecule has 4 heterocycles. The standard InChI is InChI=1S/2C22H28N8O2/c1-5-21(24-23-16(3)19-11-12-29(25-19)13-17-9-10-17)32-14-18-15(2)7-6-8-20(18)30-22(31)28(4)26-27-30;1-5-21(25-24-16(3)19-11-12-23-29(19)13-17-9-10-17)32-14-18-15(2)7-6-8-20(18)30-22(31)28(4)26-27-30/h2*6-8,11-12,17H,5,9-10,13-14H2,1-4H3. The van der Waals surface area contributed by atoms with E-state index in [9.17, 15) is 9.59 Å². The van der Waals surface area contributed by atoms with Crippen LogP contribution in [0.15, 0.2) is 90.9 Å². The van der Waals surface area contributed by atoms with Crippen molar-refractivity contribution in [1.82, 2.24) is 59.1 Å². The summed E-state index contributed by atoms with van der Waals surface area (Å²) in [6.45, 7) is 14.0. The number of aromatic nitrogens is 12. The molecule has 2 aromatic carbocycles. The molecule has 0 N–H and O–H groups in total. The van der Waals surface area contributed by atoms with Crippen LogP contribution in [0.5, 0.6) is 0 Å². The molecule has 0 atom stereocenters. The van der Waals surface area contributed by atoms with Crippen LogP contribution in [0.1, 0.15) is 99.9 Å². The van der Waals surface area contributed by atoms with Crippen LogP contribution < -0.4 is 11.4 Å². The van der Waals surface area contributed by atoms with Gasteiger partial charge in [-0.15, -0.1) is 10.2 Å². The van der Waals surface area contributed by atoms with Gasteiger partial charge in [-0.2, -0.15) is 39.1 Å². The fourth-order valence-electron chi connectivity index (χ4n) is 6.71. The average molecular weight is 873 g/mol. The summed E-state index contributed by atoms with van der Waals surface area (Å²) in [4.78, 5) is 24.6. The molecule has 0 aliphatic heterocycles. The summed E-state index contributed by atoms with van der Waals surface area (Å²) in [5.74, 6) is 2.51. The van der Waals surface area contributed by atoms with Crippen molar-refractivity contribution in [1.29, 1.82) is 0 Å². The number of aryl methyl sites for hydroxylation is 4. The molecule has 8 rings (SSSR count). The van der Waals surface area contributed by atoms with Crippen molar-refractivity contribution in [2.75, 3.05) is 0 Å². The predicted molar refractivity (Wildman–Crippen MR) is 242 cm³/mol. The third-order valence-corrected chi connectivity index (χ3v) is 11.0. The topological polar surface area (TPSA) is 209 Å². The number of ether oxygens (including phenoxy) is 2. The van der Waals surface area contributed by atoms with Gasteiger partial charge >= 0.3 is 11.4 Å². The van der Waals surface area contributed by atoms with Crippen molar-refractivity contribution in [2.45, 2.75) is 106 Å². The quantitative estimate of drug-likeness (QED) is 0.0700. The molecule has 336 valence electrons. The smallest absolute Gasteiger partial charge is 0.368 e. The molecule has 2 aliphatic carbocycles. The van der Waals surface area contributed by atoms with Gasteiger partial charge in [-0.05, 0) is 121 Å². The Bertz CT molecular complexity index is 2810. The minimum atomic E-state index is -0.317. The lowest BCUT2D eigenvalue weighted by Gasteiger charge is -2.13. The highest BCUT2D eigenvalue weighted by atomic mass is 16.5. The molecule has 0 bridgehead atoms. The molecule has 0 saturated heterocycles. The molecule has 64 heavy (non-hydrogen) atoms. The molecule has 20 heteroatoms. The number of hydrogen-bond acceptors (Lipinski definition) is 14. The summed E-state index contributed by atoms with van der Waals surface area (Å²) < 4.78 is 20.9. The van der Waals surface area contributed by atoms with E-state index in [0.29, 0.717) is 36.0 Å². The maximum atomic E-state index is 12.3. The zero-order valence-electron chi connectivity index (χ0n) is 37.8. The van der Waals surface area contributed by atoms with E-state index < -0.39 is 0 Å². The van der Waals surface area contributed by atoms with Crippen LogP contribution in [0.2, 0.25) is 0 Å². The van der Waals surface area contributed by atoms with Crippen LogP contribution >= 0.6 is 0 Å². The first kappa shape index (κ1) is 44.9. The summed E-state index contributed by atoms with van der Waals surface area (Å²) in [5.41, 5.74) is 7.61. The van der Waals surface area contributed by atoms with Gasteiger partial charge in [0.2, 0.25) is 11.8 Å². The lowest BCUT2D eigenvalue weighted by molar-refractivity contribution is 0.282. The van der Waals surface area contributed by atoms with Crippen molar-refractivity contribution in [3.8, 4) is 11.4 Å². The zero-order chi connectivity index (χ0) is 45.3. The van der Waals surface area contributed by atoms with Gasteiger partial charge in [-0.1, -0.05) is 38.1 Å². The van der Waals surface area contributed by atoms with Crippen molar-refractivity contribution in [3.05, 3.63) is 116 Å². The number of nitrogens with zero attached hydrogens (tertiary/aromatic N) is 16. The van der Waals surface area contributed by atoms with Crippen LogP contribution in [0, 0.1) is 25.7 Å². The average Bonchev–Trinajstić information content (AvgIpc) is 4.11. The van der Waals surface area contributed by atoms with Crippen molar-refractivity contribution in [2.24, 2.45) is 46.3 Å². The molecule has 4 aromatic heterocycles. The van der Waals surface area contributed by atoms with Gasteiger partial charge < -0.3 is 9.47 Å². The van der Waals surface area contributed by atoms with Gasteiger partial charge in [-0.25, -0.2) is 9.59 Å². The molecule has 0 unspecified atom stereocenters. The van der Waals surface area contributed by atoms with Gasteiger partial charge in [0.15, 0.2) is 0 Å². The Kier molecular flexibility index (Phi) is 14.3. The van der Waals surface area contributed by atoms with E-state index >= 15 is 0 Å². The van der Waals surface area contributed by atoms with Crippen molar-refractivity contribution >= 4 is 23.2 Å². The molecule has 6 aromatic rings. The van der Waals surface area contributed by atoms with E-state index in [1.807, 2.05) is 106 Å². The second-order valence-corrected chi connectivity index (χ2v) is 16.1. The SMILES string of the molecule is CCC(=NN=C(C)c1ccn(CC2CC2)n1)OCc1c(C)cccc1-n1nnn(C)c1=O.CCC(=NN=C(C)c1ccnn1CC1CC1)OCc1c(C)cccc1-n1nnn(C)c1=O. The lowest BCUT2D eigenvalue weighted by atomic mass is 10.1. The van der Waals surface area contributed by atoms with Crippen LogP contribution in [0.25, 0.3) is 11.4 Å². The highest BCUT2D eigenvalue weighted by molar-refractivity contribution is 5.97. The normalized spacial score (nSPS) is 14.8. The van der Waals surface area contributed by atoms with E-state index in [-0.39, 0.29) is 24.6 Å². The van der Waals surface area contributed by atoms with Gasteiger partial charge in [0, 0.05) is 63.5 Å². The summed E-state index contributed by atoms with van der Waals surface area (Å²) in [6.07, 6.45) is 10.1. The third kappa shape index (κ3) is 11.1. The maximum absolute atomic E-state index is 12.3. The van der Waals surface area contributed by atoms with E-state index in [1.54, 1.807) is 20.3 Å². The minimum absolute atomic E-state index is 0.238. The highest BCUT2D eigenvalue weighted by Gasteiger charge is 2.24. The van der Waals surface area contributed by atoms with Crippen molar-refractivity contribution in [3.63, 3.8) is 0 Å². The lowest BCUT2D eigenvalue weighted by Crippen LogP contribution is -2.23. The Morgan fingerprint density at radius 3 is 1.67 bits per heavy atom. The second kappa shape index (κ2) is 20.4. The van der Waals surface area contributed by atoms with Gasteiger partial charge in [-0.3, -0.25) is 9.36 Å². The number of benzene rings is 2. The van der Waals surface area contributed by atoms with Crippen LogP contribution in [0.4, 0.5) is 0 Å². The van der Waals surface area contributed by atoms with Crippen LogP contribution in [0.3, 0.4) is 0 Å². The Hall–Kier alpha value is -7.12. The largest absolute Gasteiger partial charge is 0.475 e. The third-order valence-electron chi connectivity index (χ3n) is 11.0. The maximum Gasteiger partial charge on any atom is 0.368 e. The first-order valence-electron chi connectivity index (χ1n) is 21.6. The molecule has 2 fully saturated rings. The Morgan fingerprint density at radius 1 is 0.672 bits per heavy atom. The highest BCUT2D eigenvalue weighted by Crippen LogP contribution is 2.31. The summed E-state index contributed by atoms with van der Waals surface area (Å²) in [6, 6.07) is 15.3. The first-order chi connectivity index (χ1) is 30.9. The second-order valence-electron chi connectivity index (χ2n) is 16.1. The molecule has 0 amide bonds. The number of hydrogen-bond donors (Lipinski definition) is 0. The molecule has 0 radical (unpaired) electrons. The molecule has 2 aliphatic rings. The van der Waals surface area contributed by atoms with Gasteiger partial charge in [0.1, 0.15) is 18.9 Å². The molecule has 2 saturated carbocycles. The Balaban J connectivity index is 0.000000191. The monoisotopic (exact) mass is 872 g/mol. The van der Waals surface area contributed by atoms with Crippen molar-refractivity contribution < 1.29 is 9.47 Å². The summed E-state index contributed by atoms with van der Waals surface area (Å²) in [5, 5.41) is 41.9. The number of rotatable bonds is 16. The molecular formula is C44H56N16O4. The molecule has 0 spiro atoms. The molecular weight excluding hydrogens is 817 g/mol.